The third kappa shape index (κ3) is 5.63. The second kappa shape index (κ2) is 8.95. The molecule has 1 rings (SSSR count). The predicted molar refractivity (Wildman–Crippen MR) is 78.5 cm³/mol. The van der Waals surface area contributed by atoms with E-state index in [4.69, 9.17) is 12.2 Å². The first-order chi connectivity index (χ1) is 9.21. The van der Waals surface area contributed by atoms with E-state index < -0.39 is 0 Å². The van der Waals surface area contributed by atoms with Crippen LogP contribution in [0.1, 0.15) is 32.6 Å². The van der Waals surface area contributed by atoms with E-state index in [1.807, 2.05) is 4.90 Å². The summed E-state index contributed by atoms with van der Waals surface area (Å²) < 4.78 is 0. The first-order valence-corrected chi connectivity index (χ1v) is 7.34. The highest BCUT2D eigenvalue weighted by atomic mass is 16.2. The number of nitrogens with zero attached hydrogens (tertiary/aromatic N) is 2. The van der Waals surface area contributed by atoms with Gasteiger partial charge in [0.25, 0.3) is 0 Å². The smallest absolute Gasteiger partial charge is 0.222 e. The Morgan fingerprint density at radius 1 is 1.32 bits per heavy atom. The van der Waals surface area contributed by atoms with Crippen molar-refractivity contribution in [2.24, 2.45) is 11.7 Å². The standard InChI is InChI=1S/C15H27N3O/c1-3-9-17-10-12-18(13-11-17)15(19)6-5-14(4-2)7-8-16/h1,14H,4-13,16H2,2H3. The minimum absolute atomic E-state index is 0.288. The third-order valence-electron chi connectivity index (χ3n) is 3.96. The van der Waals surface area contributed by atoms with E-state index in [2.05, 4.69) is 17.7 Å². The molecule has 0 aromatic carbocycles. The lowest BCUT2D eigenvalue weighted by Crippen LogP contribution is -2.48. The molecule has 0 bridgehead atoms. The van der Waals surface area contributed by atoms with Crippen molar-refractivity contribution < 1.29 is 4.79 Å². The highest BCUT2D eigenvalue weighted by Crippen LogP contribution is 2.16. The molecule has 1 atom stereocenters. The van der Waals surface area contributed by atoms with E-state index >= 15 is 0 Å². The predicted octanol–water partition coefficient (Wildman–Crippen LogP) is 0.919. The van der Waals surface area contributed by atoms with E-state index in [1.54, 1.807) is 0 Å². The molecule has 108 valence electrons. The molecule has 19 heavy (non-hydrogen) atoms. The molecule has 0 aromatic rings. The van der Waals surface area contributed by atoms with Crippen molar-refractivity contribution >= 4 is 5.91 Å². The number of nitrogens with two attached hydrogens (primary N) is 1. The van der Waals surface area contributed by atoms with Crippen LogP contribution in [0.25, 0.3) is 0 Å². The maximum absolute atomic E-state index is 12.1. The average Bonchev–Trinajstić information content (AvgIpc) is 2.44. The van der Waals surface area contributed by atoms with Gasteiger partial charge in [-0.2, -0.15) is 0 Å². The second-order valence-electron chi connectivity index (χ2n) is 5.25. The van der Waals surface area contributed by atoms with Gasteiger partial charge in [-0.3, -0.25) is 9.69 Å². The molecule has 4 heteroatoms. The molecule has 1 amide bonds. The Kier molecular flexibility index (Phi) is 7.54. The van der Waals surface area contributed by atoms with Crippen LogP contribution in [-0.4, -0.2) is 55.0 Å². The van der Waals surface area contributed by atoms with Gasteiger partial charge in [0.2, 0.25) is 5.91 Å². The fourth-order valence-electron chi connectivity index (χ4n) is 2.56. The summed E-state index contributed by atoms with van der Waals surface area (Å²) in [7, 11) is 0. The molecule has 4 nitrogen and oxygen atoms in total. The Morgan fingerprint density at radius 3 is 2.53 bits per heavy atom. The number of piperazine rings is 1. The molecule has 0 saturated carbocycles. The molecule has 1 unspecified atom stereocenters. The Labute approximate surface area is 117 Å². The van der Waals surface area contributed by atoms with E-state index in [0.29, 0.717) is 18.9 Å². The van der Waals surface area contributed by atoms with E-state index in [9.17, 15) is 4.79 Å². The Balaban J connectivity index is 2.25. The minimum Gasteiger partial charge on any atom is -0.340 e. The molecule has 1 aliphatic heterocycles. The molecule has 0 aliphatic carbocycles. The van der Waals surface area contributed by atoms with Crippen molar-refractivity contribution in [2.75, 3.05) is 39.3 Å². The van der Waals surface area contributed by atoms with Crippen molar-refractivity contribution in [3.8, 4) is 12.3 Å². The SMILES string of the molecule is C#CCN1CCN(C(=O)CCC(CC)CCN)CC1. The first-order valence-electron chi connectivity index (χ1n) is 7.34. The molecule has 0 spiro atoms. The lowest BCUT2D eigenvalue weighted by Gasteiger charge is -2.34. The van der Waals surface area contributed by atoms with Gasteiger partial charge in [0.15, 0.2) is 0 Å². The summed E-state index contributed by atoms with van der Waals surface area (Å²) in [5, 5.41) is 0. The van der Waals surface area contributed by atoms with Crippen LogP contribution in [-0.2, 0) is 4.79 Å². The molecule has 1 aliphatic rings. The summed E-state index contributed by atoms with van der Waals surface area (Å²) in [6.07, 6.45) is 9.06. The Bertz CT molecular complexity index is 303. The number of carbonyl (C=O) groups excluding carboxylic acids is 1. The maximum atomic E-state index is 12.1. The summed E-state index contributed by atoms with van der Waals surface area (Å²) >= 11 is 0. The largest absolute Gasteiger partial charge is 0.340 e. The lowest BCUT2D eigenvalue weighted by molar-refractivity contribution is -0.133. The van der Waals surface area contributed by atoms with Gasteiger partial charge >= 0.3 is 0 Å². The summed E-state index contributed by atoms with van der Waals surface area (Å²) in [4.78, 5) is 16.3. The summed E-state index contributed by atoms with van der Waals surface area (Å²) in [6.45, 7) is 7.01. The van der Waals surface area contributed by atoms with Gasteiger partial charge in [-0.15, -0.1) is 6.42 Å². The van der Waals surface area contributed by atoms with E-state index in [-0.39, 0.29) is 5.91 Å². The zero-order valence-electron chi connectivity index (χ0n) is 12.1. The van der Waals surface area contributed by atoms with Crippen LogP contribution in [0.15, 0.2) is 0 Å². The molecule has 1 saturated heterocycles. The molecule has 0 aromatic heterocycles. The summed E-state index contributed by atoms with van der Waals surface area (Å²) in [6, 6.07) is 0. The van der Waals surface area contributed by atoms with Gasteiger partial charge in [0.1, 0.15) is 0 Å². The Hall–Kier alpha value is -1.05. The minimum atomic E-state index is 0.288. The lowest BCUT2D eigenvalue weighted by atomic mass is 9.96. The topological polar surface area (TPSA) is 49.6 Å². The maximum Gasteiger partial charge on any atom is 0.222 e. The number of terminal acetylenes is 1. The zero-order chi connectivity index (χ0) is 14.1. The van der Waals surface area contributed by atoms with Crippen LogP contribution in [0.2, 0.25) is 0 Å². The van der Waals surface area contributed by atoms with Crippen LogP contribution >= 0.6 is 0 Å². The van der Waals surface area contributed by atoms with Crippen molar-refractivity contribution in [1.29, 1.82) is 0 Å². The van der Waals surface area contributed by atoms with Crippen molar-refractivity contribution in [3.05, 3.63) is 0 Å². The number of carbonyl (C=O) groups is 1. The summed E-state index contributed by atoms with van der Waals surface area (Å²) in [5.74, 6) is 3.54. The number of amides is 1. The van der Waals surface area contributed by atoms with Crippen molar-refractivity contribution in [2.45, 2.75) is 32.6 Å². The van der Waals surface area contributed by atoms with Gasteiger partial charge in [0.05, 0.1) is 6.54 Å². The van der Waals surface area contributed by atoms with Crippen LogP contribution < -0.4 is 5.73 Å². The number of rotatable bonds is 7. The average molecular weight is 265 g/mol. The normalized spacial score (nSPS) is 18.1. The highest BCUT2D eigenvalue weighted by molar-refractivity contribution is 5.76. The van der Waals surface area contributed by atoms with Gasteiger partial charge in [0, 0.05) is 32.6 Å². The molecule has 0 radical (unpaired) electrons. The quantitative estimate of drug-likeness (QED) is 0.696. The second-order valence-corrected chi connectivity index (χ2v) is 5.25. The molecule has 2 N–H and O–H groups in total. The fourth-order valence-corrected chi connectivity index (χ4v) is 2.56. The van der Waals surface area contributed by atoms with Crippen molar-refractivity contribution in [3.63, 3.8) is 0 Å². The zero-order valence-corrected chi connectivity index (χ0v) is 12.1. The monoisotopic (exact) mass is 265 g/mol. The molecule has 1 heterocycles. The van der Waals surface area contributed by atoms with Crippen LogP contribution in [0.4, 0.5) is 0 Å². The van der Waals surface area contributed by atoms with Crippen molar-refractivity contribution in [1.82, 2.24) is 9.80 Å². The third-order valence-corrected chi connectivity index (χ3v) is 3.96. The van der Waals surface area contributed by atoms with E-state index in [0.717, 1.165) is 52.0 Å². The highest BCUT2D eigenvalue weighted by Gasteiger charge is 2.20. The van der Waals surface area contributed by atoms with Crippen LogP contribution in [0.3, 0.4) is 0 Å². The fraction of sp³-hybridized carbons (Fsp3) is 0.800. The van der Waals surface area contributed by atoms with Gasteiger partial charge in [-0.1, -0.05) is 19.3 Å². The number of hydrogen-bond donors (Lipinski definition) is 1. The molecular formula is C15H27N3O. The summed E-state index contributed by atoms with van der Waals surface area (Å²) in [5.41, 5.74) is 5.58. The van der Waals surface area contributed by atoms with Crippen LogP contribution in [0, 0.1) is 18.3 Å². The van der Waals surface area contributed by atoms with E-state index in [1.165, 1.54) is 0 Å². The van der Waals surface area contributed by atoms with Crippen LogP contribution in [0.5, 0.6) is 0 Å². The van der Waals surface area contributed by atoms with Gasteiger partial charge in [-0.25, -0.2) is 0 Å². The van der Waals surface area contributed by atoms with Gasteiger partial charge in [-0.05, 0) is 25.3 Å². The number of hydrogen-bond acceptors (Lipinski definition) is 3. The van der Waals surface area contributed by atoms with Gasteiger partial charge < -0.3 is 10.6 Å². The molecular weight excluding hydrogens is 238 g/mol. The Morgan fingerprint density at radius 2 is 2.00 bits per heavy atom. The molecule has 1 fully saturated rings. The first kappa shape index (κ1) is 16.0.